The van der Waals surface area contributed by atoms with Gasteiger partial charge in [-0.2, -0.15) is 13.2 Å². The van der Waals surface area contributed by atoms with E-state index in [2.05, 4.69) is 0 Å². The molecule has 0 radical (unpaired) electrons. The average molecular weight is 329 g/mol. The molecular formula is C16H18F3NO3. The summed E-state index contributed by atoms with van der Waals surface area (Å²) in [7, 11) is 0. The molecule has 0 aliphatic heterocycles. The number of aromatic carboxylic acids is 1. The monoisotopic (exact) mass is 329 g/mol. The number of carboxylic acids is 1. The number of hydrogen-bond donors (Lipinski definition) is 1. The maximum Gasteiger partial charge on any atom is 0.406 e. The molecule has 126 valence electrons. The zero-order valence-corrected chi connectivity index (χ0v) is 12.7. The van der Waals surface area contributed by atoms with Gasteiger partial charge in [-0.1, -0.05) is 6.42 Å². The summed E-state index contributed by atoms with van der Waals surface area (Å²) in [6, 6.07) is 3.92. The van der Waals surface area contributed by atoms with Crippen molar-refractivity contribution < 1.29 is 27.9 Å². The Kier molecular flexibility index (Phi) is 4.97. The van der Waals surface area contributed by atoms with E-state index in [1.165, 1.54) is 12.1 Å². The van der Waals surface area contributed by atoms with Gasteiger partial charge in [0.1, 0.15) is 6.54 Å². The van der Waals surface area contributed by atoms with Crippen LogP contribution in [0, 0.1) is 12.8 Å². The Bertz CT molecular complexity index is 609. The van der Waals surface area contributed by atoms with Gasteiger partial charge in [-0.3, -0.25) is 4.79 Å². The molecule has 1 fully saturated rings. The molecule has 1 aliphatic rings. The van der Waals surface area contributed by atoms with Gasteiger partial charge in [0.05, 0.1) is 5.56 Å². The molecule has 23 heavy (non-hydrogen) atoms. The highest BCUT2D eigenvalue weighted by Gasteiger charge is 2.35. The van der Waals surface area contributed by atoms with Crippen LogP contribution in [0.2, 0.25) is 0 Å². The normalized spacial score (nSPS) is 15.1. The lowest BCUT2D eigenvalue weighted by molar-refractivity contribution is -0.142. The first-order valence-electron chi connectivity index (χ1n) is 7.37. The van der Waals surface area contributed by atoms with Gasteiger partial charge in [0.15, 0.2) is 0 Å². The first-order valence-corrected chi connectivity index (χ1v) is 7.37. The molecule has 1 amide bonds. The third-order valence-corrected chi connectivity index (χ3v) is 3.93. The van der Waals surface area contributed by atoms with Gasteiger partial charge >= 0.3 is 12.1 Å². The topological polar surface area (TPSA) is 57.6 Å². The first-order chi connectivity index (χ1) is 10.7. The van der Waals surface area contributed by atoms with Crippen LogP contribution in [0.25, 0.3) is 0 Å². The van der Waals surface area contributed by atoms with E-state index in [0.29, 0.717) is 5.56 Å². The zero-order valence-electron chi connectivity index (χ0n) is 12.7. The minimum Gasteiger partial charge on any atom is -0.478 e. The van der Waals surface area contributed by atoms with E-state index < -0.39 is 24.6 Å². The van der Waals surface area contributed by atoms with Gasteiger partial charge in [0.25, 0.3) is 5.91 Å². The molecule has 2 rings (SSSR count). The number of rotatable bonds is 5. The second-order valence-electron chi connectivity index (χ2n) is 5.99. The summed E-state index contributed by atoms with van der Waals surface area (Å²) >= 11 is 0. The predicted octanol–water partition coefficient (Wildman–Crippen LogP) is 3.50. The van der Waals surface area contributed by atoms with Crippen molar-refractivity contribution >= 4 is 11.9 Å². The second-order valence-corrected chi connectivity index (χ2v) is 5.99. The molecule has 1 aromatic carbocycles. The highest BCUT2D eigenvalue weighted by Crippen LogP contribution is 2.29. The van der Waals surface area contributed by atoms with Crippen molar-refractivity contribution in [1.29, 1.82) is 0 Å². The summed E-state index contributed by atoms with van der Waals surface area (Å²) < 4.78 is 38.3. The highest BCUT2D eigenvalue weighted by atomic mass is 19.4. The smallest absolute Gasteiger partial charge is 0.406 e. The average Bonchev–Trinajstić information content (AvgIpc) is 2.38. The van der Waals surface area contributed by atoms with Gasteiger partial charge in [-0.15, -0.1) is 0 Å². The van der Waals surface area contributed by atoms with Crippen molar-refractivity contribution in [3.8, 4) is 0 Å². The van der Waals surface area contributed by atoms with Crippen LogP contribution >= 0.6 is 0 Å². The van der Waals surface area contributed by atoms with Gasteiger partial charge in [-0.05, 0) is 49.4 Å². The molecule has 1 saturated carbocycles. The van der Waals surface area contributed by atoms with Crippen molar-refractivity contribution in [2.24, 2.45) is 5.92 Å². The number of carbonyl (C=O) groups excluding carboxylic acids is 1. The minimum absolute atomic E-state index is 0.0222. The second kappa shape index (κ2) is 6.60. The molecule has 0 atom stereocenters. The molecule has 1 aromatic rings. The van der Waals surface area contributed by atoms with Gasteiger partial charge < -0.3 is 10.0 Å². The number of halogens is 3. The van der Waals surface area contributed by atoms with E-state index in [1.54, 1.807) is 6.92 Å². The largest absolute Gasteiger partial charge is 0.478 e. The Morgan fingerprint density at radius 3 is 2.30 bits per heavy atom. The lowest BCUT2D eigenvalue weighted by Crippen LogP contribution is -2.43. The molecule has 7 heteroatoms. The fourth-order valence-corrected chi connectivity index (χ4v) is 2.64. The lowest BCUT2D eigenvalue weighted by Gasteiger charge is -2.33. The van der Waals surface area contributed by atoms with E-state index in [1.807, 2.05) is 0 Å². The van der Waals surface area contributed by atoms with E-state index in [4.69, 9.17) is 5.11 Å². The molecular weight excluding hydrogens is 311 g/mol. The molecule has 1 aliphatic carbocycles. The van der Waals surface area contributed by atoms with E-state index in [9.17, 15) is 22.8 Å². The summed E-state index contributed by atoms with van der Waals surface area (Å²) in [6.45, 7) is 0.330. The van der Waals surface area contributed by atoms with Crippen LogP contribution in [0.3, 0.4) is 0 Å². The maximum absolute atomic E-state index is 12.8. The molecule has 4 nitrogen and oxygen atoms in total. The summed E-state index contributed by atoms with van der Waals surface area (Å²) in [4.78, 5) is 24.3. The molecule has 1 N–H and O–H groups in total. The van der Waals surface area contributed by atoms with E-state index >= 15 is 0 Å². The highest BCUT2D eigenvalue weighted by molar-refractivity contribution is 5.97. The molecule has 0 bridgehead atoms. The van der Waals surface area contributed by atoms with Gasteiger partial charge in [-0.25, -0.2) is 4.79 Å². The van der Waals surface area contributed by atoms with Crippen molar-refractivity contribution in [3.05, 3.63) is 34.9 Å². The number of hydrogen-bond acceptors (Lipinski definition) is 2. The van der Waals surface area contributed by atoms with Crippen molar-refractivity contribution in [3.63, 3.8) is 0 Å². The minimum atomic E-state index is -4.49. The number of benzene rings is 1. The SMILES string of the molecule is Cc1cc(C(=O)O)cc(C(=O)N(CC2CCC2)CC(F)(F)F)c1. The van der Waals surface area contributed by atoms with E-state index in [0.717, 1.165) is 30.2 Å². The molecule has 0 heterocycles. The molecule has 0 saturated heterocycles. The van der Waals surface area contributed by atoms with Crippen molar-refractivity contribution in [2.45, 2.75) is 32.4 Å². The Labute approximate surface area is 131 Å². The van der Waals surface area contributed by atoms with Gasteiger partial charge in [0.2, 0.25) is 0 Å². The number of carbonyl (C=O) groups is 2. The zero-order chi connectivity index (χ0) is 17.2. The quantitative estimate of drug-likeness (QED) is 0.899. The lowest BCUT2D eigenvalue weighted by atomic mass is 9.85. The Morgan fingerprint density at radius 1 is 1.22 bits per heavy atom. The number of alkyl halides is 3. The van der Waals surface area contributed by atoms with Crippen molar-refractivity contribution in [2.75, 3.05) is 13.1 Å². The Balaban J connectivity index is 2.26. The summed E-state index contributed by atoms with van der Waals surface area (Å²) in [5.74, 6) is -1.91. The van der Waals surface area contributed by atoms with Gasteiger partial charge in [0, 0.05) is 12.1 Å². The summed E-state index contributed by atoms with van der Waals surface area (Å²) in [5, 5.41) is 9.03. The number of amides is 1. The third kappa shape index (κ3) is 4.71. The van der Waals surface area contributed by atoms with Crippen LogP contribution in [0.1, 0.15) is 45.5 Å². The van der Waals surface area contributed by atoms with Crippen LogP contribution in [0.4, 0.5) is 13.2 Å². The van der Waals surface area contributed by atoms with Crippen LogP contribution in [-0.2, 0) is 0 Å². The number of carboxylic acid groups (broad SMARTS) is 1. The van der Waals surface area contributed by atoms with Crippen molar-refractivity contribution in [1.82, 2.24) is 4.90 Å². The fraction of sp³-hybridized carbons (Fsp3) is 0.500. The van der Waals surface area contributed by atoms with E-state index in [-0.39, 0.29) is 23.6 Å². The molecule has 0 aromatic heterocycles. The van der Waals surface area contributed by atoms with Crippen LogP contribution in [-0.4, -0.2) is 41.1 Å². The predicted molar refractivity (Wildman–Crippen MR) is 77.4 cm³/mol. The standard InChI is InChI=1S/C16H18F3NO3/c1-10-5-12(7-13(6-10)15(22)23)14(21)20(9-16(17,18)19)8-11-3-2-4-11/h5-7,11H,2-4,8-9H2,1H3,(H,22,23). The maximum atomic E-state index is 12.8. The molecule has 0 spiro atoms. The third-order valence-electron chi connectivity index (χ3n) is 3.93. The first kappa shape index (κ1) is 17.3. The Hall–Kier alpha value is -2.05. The number of aryl methyl sites for hydroxylation is 1. The van der Waals surface area contributed by atoms with Crippen LogP contribution in [0.5, 0.6) is 0 Å². The summed E-state index contributed by atoms with van der Waals surface area (Å²) in [5.41, 5.74) is 0.388. The van der Waals surface area contributed by atoms with Crippen LogP contribution in [0.15, 0.2) is 18.2 Å². The van der Waals surface area contributed by atoms with Crippen LogP contribution < -0.4 is 0 Å². The number of nitrogens with zero attached hydrogens (tertiary/aromatic N) is 1. The summed E-state index contributed by atoms with van der Waals surface area (Å²) in [6.07, 6.45) is -1.89. The Morgan fingerprint density at radius 2 is 1.83 bits per heavy atom. The molecule has 0 unspecified atom stereocenters. The fourth-order valence-electron chi connectivity index (χ4n) is 2.64.